The van der Waals surface area contributed by atoms with E-state index < -0.39 is 5.97 Å². The van der Waals surface area contributed by atoms with Crippen LogP contribution in [0.2, 0.25) is 0 Å². The molecule has 0 atom stereocenters. The molecule has 0 spiro atoms. The fraction of sp³-hybridized carbons (Fsp3) is 0.667. The molecule has 0 saturated carbocycles. The van der Waals surface area contributed by atoms with E-state index in [0.29, 0.717) is 64.9 Å². The number of unbranched alkanes of at least 4 members (excludes halogenated alkanes) is 6. The second kappa shape index (κ2) is 25.6. The van der Waals surface area contributed by atoms with Gasteiger partial charge in [-0.25, -0.2) is 4.79 Å². The van der Waals surface area contributed by atoms with Gasteiger partial charge in [-0.05, 0) is 44.0 Å². The number of ketones is 1. The van der Waals surface area contributed by atoms with Crippen LogP contribution < -0.4 is 15.4 Å². The summed E-state index contributed by atoms with van der Waals surface area (Å²) in [6.07, 6.45) is 7.75. The van der Waals surface area contributed by atoms with Crippen LogP contribution in [0.15, 0.2) is 24.3 Å². The molecule has 0 radical (unpaired) electrons. The third-order valence-corrected chi connectivity index (χ3v) is 5.84. The zero-order valence-corrected chi connectivity index (χ0v) is 24.9. The van der Waals surface area contributed by atoms with Gasteiger partial charge >= 0.3 is 5.97 Å². The molecular formula is C30H48N2O10. The SMILES string of the molecule is CC(=O)COCCOCCNC(=O)COCCOCCNC(=O)CCCCCCCCCOc1ccc(C(=O)O)cc1. The summed E-state index contributed by atoms with van der Waals surface area (Å²) >= 11 is 0. The molecule has 12 nitrogen and oxygen atoms in total. The zero-order chi connectivity index (χ0) is 30.7. The number of carbonyl (C=O) groups is 4. The fourth-order valence-corrected chi connectivity index (χ4v) is 3.64. The van der Waals surface area contributed by atoms with Gasteiger partial charge in [0.05, 0.1) is 51.8 Å². The number of Topliss-reactive ketones (excluding diaryl/α,β-unsaturated/α-hetero) is 1. The molecule has 12 heteroatoms. The monoisotopic (exact) mass is 596 g/mol. The Morgan fingerprint density at radius 2 is 1.14 bits per heavy atom. The lowest BCUT2D eigenvalue weighted by Gasteiger charge is -2.08. The first-order valence-corrected chi connectivity index (χ1v) is 14.7. The van der Waals surface area contributed by atoms with Crippen molar-refractivity contribution in [3.05, 3.63) is 29.8 Å². The summed E-state index contributed by atoms with van der Waals surface area (Å²) in [7, 11) is 0. The molecule has 0 aromatic heterocycles. The van der Waals surface area contributed by atoms with Gasteiger partial charge in [0, 0.05) is 19.5 Å². The number of benzene rings is 1. The zero-order valence-electron chi connectivity index (χ0n) is 24.9. The maximum absolute atomic E-state index is 11.9. The van der Waals surface area contributed by atoms with Crippen LogP contribution in [0.25, 0.3) is 0 Å². The van der Waals surface area contributed by atoms with E-state index in [2.05, 4.69) is 10.6 Å². The molecule has 0 heterocycles. The van der Waals surface area contributed by atoms with E-state index in [1.165, 1.54) is 19.1 Å². The summed E-state index contributed by atoms with van der Waals surface area (Å²) in [5.41, 5.74) is 0.249. The summed E-state index contributed by atoms with van der Waals surface area (Å²) in [6.45, 7) is 4.90. The van der Waals surface area contributed by atoms with Crippen LogP contribution in [0.1, 0.15) is 68.6 Å². The van der Waals surface area contributed by atoms with Gasteiger partial charge in [0.15, 0.2) is 5.78 Å². The molecule has 0 bridgehead atoms. The number of amides is 2. The van der Waals surface area contributed by atoms with Crippen LogP contribution in [-0.4, -0.2) is 101 Å². The number of hydrogen-bond donors (Lipinski definition) is 3. The first kappa shape index (κ1) is 37.0. The quantitative estimate of drug-likeness (QED) is 0.123. The second-order valence-electron chi connectivity index (χ2n) is 9.63. The average molecular weight is 597 g/mol. The van der Waals surface area contributed by atoms with Crippen molar-refractivity contribution in [2.24, 2.45) is 0 Å². The number of hydrogen-bond acceptors (Lipinski definition) is 9. The van der Waals surface area contributed by atoms with Crippen molar-refractivity contribution in [2.45, 2.75) is 58.3 Å². The first-order valence-electron chi connectivity index (χ1n) is 14.7. The predicted octanol–water partition coefficient (Wildman–Crippen LogP) is 2.77. The Morgan fingerprint density at radius 3 is 1.74 bits per heavy atom. The molecule has 3 N–H and O–H groups in total. The number of carboxylic acid groups (broad SMARTS) is 1. The maximum atomic E-state index is 11.9. The summed E-state index contributed by atoms with van der Waals surface area (Å²) in [4.78, 5) is 45.1. The second-order valence-corrected chi connectivity index (χ2v) is 9.63. The van der Waals surface area contributed by atoms with Crippen LogP contribution >= 0.6 is 0 Å². The molecule has 42 heavy (non-hydrogen) atoms. The normalized spacial score (nSPS) is 10.8. The van der Waals surface area contributed by atoms with E-state index in [4.69, 9.17) is 28.8 Å². The summed E-state index contributed by atoms with van der Waals surface area (Å²) in [5.74, 6) is -0.521. The van der Waals surface area contributed by atoms with E-state index in [9.17, 15) is 19.2 Å². The highest BCUT2D eigenvalue weighted by Gasteiger charge is 2.04. The Hall–Kier alpha value is -3.06. The first-order chi connectivity index (χ1) is 20.4. The van der Waals surface area contributed by atoms with Gasteiger partial charge in [0.2, 0.25) is 11.8 Å². The van der Waals surface area contributed by atoms with Gasteiger partial charge in [-0.15, -0.1) is 0 Å². The number of nitrogens with one attached hydrogen (secondary N) is 2. The molecular weight excluding hydrogens is 548 g/mol. The highest BCUT2D eigenvalue weighted by atomic mass is 16.5. The molecule has 238 valence electrons. The standard InChI is InChI=1S/C30H48N2O10/c1-25(33)23-40-21-19-39-18-15-32-29(35)24-41-22-20-38-17-14-31-28(34)9-7-5-3-2-4-6-8-16-42-27-12-10-26(11-13-27)30(36)37/h10-13H,2-9,14-24H2,1H3,(H,31,34)(H,32,35)(H,36,37). The smallest absolute Gasteiger partial charge is 0.335 e. The number of carboxylic acids is 1. The van der Waals surface area contributed by atoms with Crippen LogP contribution in [0.3, 0.4) is 0 Å². The van der Waals surface area contributed by atoms with Crippen molar-refractivity contribution in [2.75, 3.05) is 72.6 Å². The van der Waals surface area contributed by atoms with Crippen LogP contribution in [-0.2, 0) is 33.3 Å². The number of carbonyl (C=O) groups excluding carboxylic acids is 3. The van der Waals surface area contributed by atoms with Crippen molar-refractivity contribution in [1.82, 2.24) is 10.6 Å². The molecule has 2 amide bonds. The molecule has 0 aliphatic carbocycles. The lowest BCUT2D eigenvalue weighted by Crippen LogP contribution is -2.31. The topological polar surface area (TPSA) is 159 Å². The highest BCUT2D eigenvalue weighted by Crippen LogP contribution is 2.14. The van der Waals surface area contributed by atoms with Gasteiger partial charge in [-0.3, -0.25) is 14.4 Å². The Morgan fingerprint density at radius 1 is 0.619 bits per heavy atom. The van der Waals surface area contributed by atoms with E-state index in [-0.39, 0.29) is 43.0 Å². The van der Waals surface area contributed by atoms with E-state index >= 15 is 0 Å². The van der Waals surface area contributed by atoms with Crippen LogP contribution in [0.4, 0.5) is 0 Å². The van der Waals surface area contributed by atoms with Crippen molar-refractivity contribution in [3.63, 3.8) is 0 Å². The average Bonchev–Trinajstić information content (AvgIpc) is 2.96. The van der Waals surface area contributed by atoms with Gasteiger partial charge < -0.3 is 39.4 Å². The Bertz CT molecular complexity index is 879. The van der Waals surface area contributed by atoms with Crippen molar-refractivity contribution in [3.8, 4) is 5.75 Å². The Balaban J connectivity index is 1.79. The fourth-order valence-electron chi connectivity index (χ4n) is 3.64. The van der Waals surface area contributed by atoms with Gasteiger partial charge in [0.25, 0.3) is 0 Å². The largest absolute Gasteiger partial charge is 0.494 e. The minimum Gasteiger partial charge on any atom is -0.494 e. The molecule has 0 aliphatic rings. The molecule has 0 unspecified atom stereocenters. The van der Waals surface area contributed by atoms with Gasteiger partial charge in [-0.1, -0.05) is 32.1 Å². The van der Waals surface area contributed by atoms with Crippen molar-refractivity contribution >= 4 is 23.6 Å². The van der Waals surface area contributed by atoms with E-state index in [1.54, 1.807) is 12.1 Å². The summed E-state index contributed by atoms with van der Waals surface area (Å²) < 4.78 is 26.6. The van der Waals surface area contributed by atoms with E-state index in [1.807, 2.05) is 0 Å². The third-order valence-electron chi connectivity index (χ3n) is 5.84. The molecule has 0 fully saturated rings. The number of ether oxygens (including phenoxy) is 5. The molecule has 1 aromatic rings. The van der Waals surface area contributed by atoms with Gasteiger partial charge in [-0.2, -0.15) is 0 Å². The molecule has 0 aliphatic heterocycles. The van der Waals surface area contributed by atoms with Crippen molar-refractivity contribution in [1.29, 1.82) is 0 Å². The maximum Gasteiger partial charge on any atom is 0.335 e. The lowest BCUT2D eigenvalue weighted by molar-refractivity contribution is -0.127. The number of rotatable bonds is 28. The minimum absolute atomic E-state index is 0.0209. The highest BCUT2D eigenvalue weighted by molar-refractivity contribution is 5.87. The summed E-state index contributed by atoms with van der Waals surface area (Å²) in [5, 5.41) is 14.4. The Labute approximate surface area is 248 Å². The van der Waals surface area contributed by atoms with E-state index in [0.717, 1.165) is 44.9 Å². The lowest BCUT2D eigenvalue weighted by atomic mass is 10.1. The van der Waals surface area contributed by atoms with Gasteiger partial charge in [0.1, 0.15) is 19.0 Å². The van der Waals surface area contributed by atoms with Crippen molar-refractivity contribution < 1.29 is 48.0 Å². The Kier molecular flexibility index (Phi) is 22.6. The minimum atomic E-state index is -0.946. The predicted molar refractivity (Wildman–Crippen MR) is 156 cm³/mol. The molecule has 0 saturated heterocycles. The third kappa shape index (κ3) is 22.6. The summed E-state index contributed by atoms with van der Waals surface area (Å²) in [6, 6.07) is 6.43. The molecule has 1 rings (SSSR count). The van der Waals surface area contributed by atoms with Crippen LogP contribution in [0, 0.1) is 0 Å². The number of aromatic carboxylic acids is 1. The van der Waals surface area contributed by atoms with Crippen LogP contribution in [0.5, 0.6) is 5.75 Å². The molecule has 1 aromatic carbocycles.